The van der Waals surface area contributed by atoms with Gasteiger partial charge in [0, 0.05) is 5.92 Å². The van der Waals surface area contributed by atoms with Crippen molar-refractivity contribution in [3.8, 4) is 0 Å². The van der Waals surface area contributed by atoms with E-state index in [-0.39, 0.29) is 7.92 Å². The van der Waals surface area contributed by atoms with Gasteiger partial charge in [-0.05, 0) is 16.0 Å². The maximum absolute atomic E-state index is 2.44. The average Bonchev–Trinajstić information content (AvgIpc) is 2.48. The van der Waals surface area contributed by atoms with Gasteiger partial charge in [0.15, 0.2) is 0 Å². The second-order valence-corrected chi connectivity index (χ2v) is 11.0. The SMILES string of the molecule is C[C@H](C1C=CC=C1)P(C(C)(C)C)C(C)(C)C. The lowest BCUT2D eigenvalue weighted by molar-refractivity contribution is 0.661. The Morgan fingerprint density at radius 3 is 1.56 bits per heavy atom. The lowest BCUT2D eigenvalue weighted by Crippen LogP contribution is -2.32. The Hall–Kier alpha value is -0.0900. The van der Waals surface area contributed by atoms with Gasteiger partial charge in [0.1, 0.15) is 0 Å². The van der Waals surface area contributed by atoms with E-state index in [1.165, 1.54) is 0 Å². The van der Waals surface area contributed by atoms with E-state index in [1.54, 1.807) is 0 Å². The summed E-state index contributed by atoms with van der Waals surface area (Å²) in [5, 5.41) is 0.856. The molecule has 0 saturated heterocycles. The van der Waals surface area contributed by atoms with Crippen molar-refractivity contribution in [3.05, 3.63) is 24.3 Å². The monoisotopic (exact) mass is 238 g/mol. The van der Waals surface area contributed by atoms with Crippen LogP contribution in [0.2, 0.25) is 0 Å². The van der Waals surface area contributed by atoms with Gasteiger partial charge in [-0.3, -0.25) is 0 Å². The van der Waals surface area contributed by atoms with Crippen LogP contribution in [0, 0.1) is 5.92 Å². The lowest BCUT2D eigenvalue weighted by atomic mass is 10.1. The maximum Gasteiger partial charge on any atom is 0.00181 e. The molecule has 0 N–H and O–H groups in total. The molecule has 1 rings (SSSR count). The predicted octanol–water partition coefficient (Wildman–Crippen LogP) is 5.20. The van der Waals surface area contributed by atoms with E-state index in [1.807, 2.05) is 0 Å². The largest absolute Gasteiger partial charge is 0.0918 e. The summed E-state index contributed by atoms with van der Waals surface area (Å²) in [4.78, 5) is 0. The predicted molar refractivity (Wildman–Crippen MR) is 77.7 cm³/mol. The van der Waals surface area contributed by atoms with Crippen LogP contribution < -0.4 is 0 Å². The quantitative estimate of drug-likeness (QED) is 0.580. The summed E-state index contributed by atoms with van der Waals surface area (Å²) in [5.41, 5.74) is 0.769. The molecular weight excluding hydrogens is 211 g/mol. The first-order valence-electron chi connectivity index (χ1n) is 6.28. The van der Waals surface area contributed by atoms with Crippen molar-refractivity contribution in [2.45, 2.75) is 64.4 Å². The molecule has 1 aliphatic rings. The van der Waals surface area contributed by atoms with Crippen molar-refractivity contribution >= 4 is 7.92 Å². The van der Waals surface area contributed by atoms with E-state index >= 15 is 0 Å². The first kappa shape index (κ1) is 14.0. The summed E-state index contributed by atoms with van der Waals surface area (Å²) in [5.74, 6) is 0.657. The fourth-order valence-corrected chi connectivity index (χ4v) is 8.17. The Balaban J connectivity index is 2.93. The zero-order chi connectivity index (χ0) is 12.6. The molecule has 0 nitrogen and oxygen atoms in total. The Labute approximate surface area is 103 Å². The third-order valence-electron chi connectivity index (χ3n) is 3.19. The van der Waals surface area contributed by atoms with Crippen molar-refractivity contribution in [3.63, 3.8) is 0 Å². The van der Waals surface area contributed by atoms with Crippen molar-refractivity contribution in [2.75, 3.05) is 0 Å². The molecule has 0 aromatic carbocycles. The van der Waals surface area contributed by atoms with Crippen LogP contribution in [0.3, 0.4) is 0 Å². The molecule has 0 saturated carbocycles. The Bertz CT molecular complexity index is 260. The highest BCUT2D eigenvalue weighted by Crippen LogP contribution is 2.64. The molecule has 0 heterocycles. The molecule has 92 valence electrons. The summed E-state index contributed by atoms with van der Waals surface area (Å²) in [7, 11) is -0.0175. The molecule has 0 aromatic rings. The second kappa shape index (κ2) is 4.65. The van der Waals surface area contributed by atoms with Crippen LogP contribution in [0.15, 0.2) is 24.3 Å². The van der Waals surface area contributed by atoms with Gasteiger partial charge in [0.25, 0.3) is 0 Å². The second-order valence-electron chi connectivity index (χ2n) is 6.80. The first-order chi connectivity index (χ1) is 7.14. The molecule has 0 amide bonds. The smallest absolute Gasteiger partial charge is 0.00181 e. The molecule has 16 heavy (non-hydrogen) atoms. The van der Waals surface area contributed by atoms with Crippen LogP contribution in [0.1, 0.15) is 48.5 Å². The standard InChI is InChI=1S/C15H27P/c1-12(13-10-8-9-11-13)16(14(2,3)4)15(5,6)7/h8-13H,1-7H3/t12-/m1/s1. The Morgan fingerprint density at radius 2 is 1.25 bits per heavy atom. The molecule has 0 aliphatic heterocycles. The molecular formula is C15H27P. The summed E-state index contributed by atoms with van der Waals surface area (Å²) in [6, 6.07) is 0. The van der Waals surface area contributed by atoms with Gasteiger partial charge in [0.2, 0.25) is 0 Å². The molecule has 0 bridgehead atoms. The average molecular weight is 238 g/mol. The van der Waals surface area contributed by atoms with Gasteiger partial charge in [0.05, 0.1) is 0 Å². The number of hydrogen-bond acceptors (Lipinski definition) is 0. The molecule has 1 heteroatoms. The van der Waals surface area contributed by atoms with E-state index in [4.69, 9.17) is 0 Å². The third kappa shape index (κ3) is 3.20. The summed E-state index contributed by atoms with van der Waals surface area (Å²) < 4.78 is 0. The van der Waals surface area contributed by atoms with E-state index in [0.29, 0.717) is 16.2 Å². The minimum absolute atomic E-state index is 0.0175. The zero-order valence-corrected chi connectivity index (χ0v) is 12.8. The molecule has 1 atom stereocenters. The maximum atomic E-state index is 2.44. The van der Waals surface area contributed by atoms with E-state index in [0.717, 1.165) is 5.66 Å². The third-order valence-corrected chi connectivity index (χ3v) is 7.24. The van der Waals surface area contributed by atoms with Gasteiger partial charge in [-0.2, -0.15) is 0 Å². The fourth-order valence-electron chi connectivity index (χ4n) is 3.17. The lowest BCUT2D eigenvalue weighted by Gasteiger charge is -2.46. The van der Waals surface area contributed by atoms with Crippen LogP contribution in [-0.4, -0.2) is 16.0 Å². The number of allylic oxidation sites excluding steroid dienone is 4. The van der Waals surface area contributed by atoms with Crippen molar-refractivity contribution in [2.24, 2.45) is 5.92 Å². The van der Waals surface area contributed by atoms with Gasteiger partial charge in [-0.1, -0.05) is 80.7 Å². The minimum Gasteiger partial charge on any atom is -0.0918 e. The highest BCUT2D eigenvalue weighted by atomic mass is 31.1. The summed E-state index contributed by atoms with van der Waals surface area (Å²) in [6.45, 7) is 16.9. The van der Waals surface area contributed by atoms with Gasteiger partial charge in [-0.15, -0.1) is 0 Å². The van der Waals surface area contributed by atoms with Crippen LogP contribution in [-0.2, 0) is 0 Å². The van der Waals surface area contributed by atoms with Gasteiger partial charge < -0.3 is 0 Å². The zero-order valence-electron chi connectivity index (χ0n) is 11.9. The minimum atomic E-state index is -0.0175. The molecule has 1 aliphatic carbocycles. The molecule has 0 unspecified atom stereocenters. The van der Waals surface area contributed by atoms with E-state index < -0.39 is 0 Å². The molecule has 0 fully saturated rings. The molecule has 0 spiro atoms. The normalized spacial score (nSPS) is 19.8. The topological polar surface area (TPSA) is 0 Å². The highest BCUT2D eigenvalue weighted by Gasteiger charge is 2.39. The van der Waals surface area contributed by atoms with Crippen molar-refractivity contribution in [1.82, 2.24) is 0 Å². The number of hydrogen-bond donors (Lipinski definition) is 0. The van der Waals surface area contributed by atoms with Crippen LogP contribution in [0.25, 0.3) is 0 Å². The van der Waals surface area contributed by atoms with Crippen LogP contribution in [0.5, 0.6) is 0 Å². The summed E-state index contributed by atoms with van der Waals surface area (Å²) in [6.07, 6.45) is 9.11. The Morgan fingerprint density at radius 1 is 0.875 bits per heavy atom. The highest BCUT2D eigenvalue weighted by molar-refractivity contribution is 7.61. The Kier molecular flexibility index (Phi) is 4.06. The van der Waals surface area contributed by atoms with E-state index in [2.05, 4.69) is 72.8 Å². The fraction of sp³-hybridized carbons (Fsp3) is 0.733. The summed E-state index contributed by atoms with van der Waals surface area (Å²) >= 11 is 0. The van der Waals surface area contributed by atoms with Crippen LogP contribution >= 0.6 is 7.92 Å². The van der Waals surface area contributed by atoms with Crippen LogP contribution in [0.4, 0.5) is 0 Å². The number of rotatable bonds is 2. The van der Waals surface area contributed by atoms with E-state index in [9.17, 15) is 0 Å². The van der Waals surface area contributed by atoms with Gasteiger partial charge in [-0.25, -0.2) is 0 Å². The first-order valence-corrected chi connectivity index (χ1v) is 7.69. The van der Waals surface area contributed by atoms with Gasteiger partial charge >= 0.3 is 0 Å². The van der Waals surface area contributed by atoms with Crippen molar-refractivity contribution < 1.29 is 0 Å². The molecule has 0 aromatic heterocycles. The molecule has 0 radical (unpaired) electrons. The van der Waals surface area contributed by atoms with Crippen molar-refractivity contribution in [1.29, 1.82) is 0 Å².